The molecule has 2 aromatic carbocycles. The Labute approximate surface area is 209 Å². The van der Waals surface area contributed by atoms with Gasteiger partial charge in [0.1, 0.15) is 5.82 Å². The third kappa shape index (κ3) is 8.56. The van der Waals surface area contributed by atoms with Gasteiger partial charge in [-0.3, -0.25) is 0 Å². The Kier molecular flexibility index (Phi) is 10.8. The van der Waals surface area contributed by atoms with Crippen LogP contribution in [0.3, 0.4) is 0 Å². The molecule has 1 aromatic heterocycles. The molecule has 3 nitrogen and oxygen atoms in total. The second kappa shape index (κ2) is 14.3. The van der Waals surface area contributed by atoms with Crippen molar-refractivity contribution >= 4 is 6.08 Å². The lowest BCUT2D eigenvalue weighted by Gasteiger charge is -2.11. The van der Waals surface area contributed by atoms with Crippen molar-refractivity contribution in [1.29, 1.82) is 0 Å². The van der Waals surface area contributed by atoms with E-state index < -0.39 is 0 Å². The summed E-state index contributed by atoms with van der Waals surface area (Å²) < 4.78 is 20.3. The lowest BCUT2D eigenvalue weighted by molar-refractivity contribution is 0.0566. The van der Waals surface area contributed by atoms with Crippen LogP contribution in [0.15, 0.2) is 73.6 Å². The van der Waals surface area contributed by atoms with Crippen LogP contribution >= 0.6 is 0 Å². The highest BCUT2D eigenvalue weighted by atomic mass is 19.1. The van der Waals surface area contributed by atoms with Crippen LogP contribution in [0.25, 0.3) is 28.6 Å². The minimum absolute atomic E-state index is 0.272. The molecule has 184 valence electrons. The van der Waals surface area contributed by atoms with Crippen LogP contribution in [0.4, 0.5) is 4.39 Å². The number of aromatic nitrogens is 2. The van der Waals surface area contributed by atoms with Crippen molar-refractivity contribution in [3.8, 4) is 22.5 Å². The minimum atomic E-state index is -0.272. The lowest BCUT2D eigenvalue weighted by atomic mass is 10.0. The molecule has 0 bridgehead atoms. The van der Waals surface area contributed by atoms with Gasteiger partial charge < -0.3 is 4.74 Å². The van der Waals surface area contributed by atoms with E-state index >= 15 is 0 Å². The van der Waals surface area contributed by atoms with Gasteiger partial charge in [0.2, 0.25) is 0 Å². The van der Waals surface area contributed by atoms with E-state index in [4.69, 9.17) is 4.74 Å². The van der Waals surface area contributed by atoms with Crippen molar-refractivity contribution in [3.63, 3.8) is 0 Å². The molecule has 0 N–H and O–H groups in total. The normalized spacial score (nSPS) is 12.2. The first-order valence-electron chi connectivity index (χ1n) is 12.7. The maximum Gasteiger partial charge on any atom is 0.159 e. The molecule has 3 rings (SSSR count). The number of allylic oxidation sites excluding steroid dienone is 2. The molecule has 0 aliphatic rings. The third-order valence-corrected chi connectivity index (χ3v) is 5.99. The fourth-order valence-electron chi connectivity index (χ4n) is 3.91. The lowest BCUT2D eigenvalue weighted by Crippen LogP contribution is -2.08. The maximum absolute atomic E-state index is 14.5. The fraction of sp³-hybridized carbons (Fsp3) is 0.355. The van der Waals surface area contributed by atoms with Crippen LogP contribution in [0, 0.1) is 5.82 Å². The summed E-state index contributed by atoms with van der Waals surface area (Å²) in [5.41, 5.74) is 4.15. The highest BCUT2D eigenvalue weighted by Crippen LogP contribution is 2.24. The zero-order valence-corrected chi connectivity index (χ0v) is 21.1. The van der Waals surface area contributed by atoms with E-state index in [1.54, 1.807) is 30.6 Å². The van der Waals surface area contributed by atoms with Gasteiger partial charge in [0.05, 0.1) is 6.10 Å². The largest absolute Gasteiger partial charge is 0.379 e. The Morgan fingerprint density at radius 2 is 1.77 bits per heavy atom. The van der Waals surface area contributed by atoms with Gasteiger partial charge in [0, 0.05) is 35.7 Å². The molecule has 1 atom stereocenters. The Morgan fingerprint density at radius 3 is 2.46 bits per heavy atom. The van der Waals surface area contributed by atoms with Crippen molar-refractivity contribution in [2.45, 2.75) is 64.9 Å². The Bertz CT molecular complexity index is 1070. The molecule has 1 heterocycles. The standard InChI is InChI=1S/C31H37FN2O/c1-4-6-10-20-35-24(3)12-8-7-9-13-25-14-17-27(18-15-25)31-33-22-28(23-34-31)29-19-16-26(11-5-2)21-30(29)32/h5,9,13-19,21-24H,2,4,6-8,10-12,20H2,1,3H3/b13-9+. The van der Waals surface area contributed by atoms with Crippen LogP contribution in [-0.4, -0.2) is 22.7 Å². The van der Waals surface area contributed by atoms with Gasteiger partial charge in [0.15, 0.2) is 5.82 Å². The highest BCUT2D eigenvalue weighted by molar-refractivity contribution is 5.65. The van der Waals surface area contributed by atoms with E-state index in [-0.39, 0.29) is 5.82 Å². The van der Waals surface area contributed by atoms with Gasteiger partial charge in [0.25, 0.3) is 0 Å². The Hall–Kier alpha value is -3.11. The number of nitrogens with zero attached hydrogens (tertiary/aromatic N) is 2. The summed E-state index contributed by atoms with van der Waals surface area (Å²) in [7, 11) is 0. The van der Waals surface area contributed by atoms with Gasteiger partial charge in [-0.25, -0.2) is 14.4 Å². The smallest absolute Gasteiger partial charge is 0.159 e. The topological polar surface area (TPSA) is 35.0 Å². The number of rotatable bonds is 14. The molecule has 4 heteroatoms. The highest BCUT2D eigenvalue weighted by Gasteiger charge is 2.08. The predicted octanol–water partition coefficient (Wildman–Crippen LogP) is 8.46. The fourth-order valence-corrected chi connectivity index (χ4v) is 3.91. The van der Waals surface area contributed by atoms with E-state index in [2.05, 4.69) is 54.7 Å². The van der Waals surface area contributed by atoms with Crippen LogP contribution in [0.2, 0.25) is 0 Å². The SMILES string of the molecule is C=CCc1ccc(-c2cnc(-c3ccc(/C=C/CCCC(C)OCCCCC)cc3)nc2)c(F)c1. The molecule has 1 unspecified atom stereocenters. The van der Waals surface area contributed by atoms with E-state index in [0.29, 0.717) is 29.5 Å². The zero-order chi connectivity index (χ0) is 24.9. The maximum atomic E-state index is 14.5. The molecule has 35 heavy (non-hydrogen) atoms. The van der Waals surface area contributed by atoms with Gasteiger partial charge in [-0.15, -0.1) is 6.58 Å². The molecule has 0 fully saturated rings. The molecule has 0 aliphatic carbocycles. The first-order chi connectivity index (χ1) is 17.1. The van der Waals surface area contributed by atoms with Crippen LogP contribution in [0.5, 0.6) is 0 Å². The van der Waals surface area contributed by atoms with Crippen molar-refractivity contribution in [2.24, 2.45) is 0 Å². The van der Waals surface area contributed by atoms with Gasteiger partial charge >= 0.3 is 0 Å². The first kappa shape index (κ1) is 26.5. The Morgan fingerprint density at radius 1 is 1.00 bits per heavy atom. The summed E-state index contributed by atoms with van der Waals surface area (Å²) in [6, 6.07) is 13.4. The second-order valence-corrected chi connectivity index (χ2v) is 8.95. The number of halogens is 1. The van der Waals surface area contributed by atoms with Crippen molar-refractivity contribution in [3.05, 3.63) is 90.5 Å². The number of benzene rings is 2. The summed E-state index contributed by atoms with van der Waals surface area (Å²) in [5, 5.41) is 0. The molecule has 0 spiro atoms. The third-order valence-electron chi connectivity index (χ3n) is 5.99. The van der Waals surface area contributed by atoms with Crippen LogP contribution in [0.1, 0.15) is 63.5 Å². The number of hydrogen-bond donors (Lipinski definition) is 0. The first-order valence-corrected chi connectivity index (χ1v) is 12.7. The van der Waals surface area contributed by atoms with E-state index in [9.17, 15) is 4.39 Å². The summed E-state index contributed by atoms with van der Waals surface area (Å²) in [5.74, 6) is 0.353. The molecular weight excluding hydrogens is 435 g/mol. The number of hydrogen-bond acceptors (Lipinski definition) is 3. The molecule has 0 amide bonds. The molecule has 3 aromatic rings. The summed E-state index contributed by atoms with van der Waals surface area (Å²) in [6.45, 7) is 8.96. The molecule has 0 radical (unpaired) electrons. The zero-order valence-electron chi connectivity index (χ0n) is 21.1. The monoisotopic (exact) mass is 472 g/mol. The van der Waals surface area contributed by atoms with Gasteiger partial charge in [-0.05, 0) is 56.2 Å². The molecule has 0 saturated heterocycles. The quantitative estimate of drug-likeness (QED) is 0.174. The number of ether oxygens (including phenoxy) is 1. The van der Waals surface area contributed by atoms with E-state index in [0.717, 1.165) is 49.0 Å². The van der Waals surface area contributed by atoms with E-state index in [1.165, 1.54) is 12.8 Å². The minimum Gasteiger partial charge on any atom is -0.379 e. The summed E-state index contributed by atoms with van der Waals surface area (Å²) >= 11 is 0. The predicted molar refractivity (Wildman–Crippen MR) is 145 cm³/mol. The van der Waals surface area contributed by atoms with Crippen LogP contribution < -0.4 is 0 Å². The average molecular weight is 473 g/mol. The molecule has 0 aliphatic heterocycles. The summed E-state index contributed by atoms with van der Waals surface area (Å²) in [6.07, 6.45) is 17.4. The van der Waals surface area contributed by atoms with Gasteiger partial charge in [-0.1, -0.05) is 74.4 Å². The van der Waals surface area contributed by atoms with Crippen molar-refractivity contribution in [1.82, 2.24) is 9.97 Å². The molecule has 0 saturated carbocycles. The second-order valence-electron chi connectivity index (χ2n) is 8.95. The van der Waals surface area contributed by atoms with E-state index in [1.807, 2.05) is 18.2 Å². The molecular formula is C31H37FN2O. The average Bonchev–Trinajstić information content (AvgIpc) is 2.87. The van der Waals surface area contributed by atoms with Crippen molar-refractivity contribution in [2.75, 3.05) is 6.61 Å². The van der Waals surface area contributed by atoms with Gasteiger partial charge in [-0.2, -0.15) is 0 Å². The van der Waals surface area contributed by atoms with Crippen LogP contribution in [-0.2, 0) is 11.2 Å². The summed E-state index contributed by atoms with van der Waals surface area (Å²) in [4.78, 5) is 8.93. The Balaban J connectivity index is 1.49. The number of unbranched alkanes of at least 4 members (excludes halogenated alkanes) is 3. The van der Waals surface area contributed by atoms with Crippen molar-refractivity contribution < 1.29 is 9.13 Å².